The lowest BCUT2D eigenvalue weighted by molar-refractivity contribution is -0.128. The third-order valence-corrected chi connectivity index (χ3v) is 6.72. The first kappa shape index (κ1) is 26.5. The zero-order valence-electron chi connectivity index (χ0n) is 20.5. The number of hydrogen-bond acceptors (Lipinski definition) is 5. The highest BCUT2D eigenvalue weighted by atomic mass is 19.1. The van der Waals surface area contributed by atoms with Gasteiger partial charge in [0.1, 0.15) is 5.82 Å². The summed E-state index contributed by atoms with van der Waals surface area (Å²) in [6.45, 7) is 4.58. The SMILES string of the molecule is COC(C[C@@H]1[C@@H](C(=O)c2ccccc2)CNC[C@H]1C(=O)NCCNC(C)=O)c1cccc(F)c1C. The molecule has 1 aliphatic rings. The van der Waals surface area contributed by atoms with Crippen LogP contribution in [0.1, 0.15) is 40.9 Å². The van der Waals surface area contributed by atoms with Crippen LogP contribution in [0, 0.1) is 30.5 Å². The summed E-state index contributed by atoms with van der Waals surface area (Å²) in [6.07, 6.45) is -0.0928. The molecule has 0 bridgehead atoms. The first-order chi connectivity index (χ1) is 16.8. The van der Waals surface area contributed by atoms with Gasteiger partial charge in [-0.25, -0.2) is 4.39 Å². The van der Waals surface area contributed by atoms with Crippen molar-refractivity contribution in [3.8, 4) is 0 Å². The summed E-state index contributed by atoms with van der Waals surface area (Å²) >= 11 is 0. The minimum atomic E-state index is -0.495. The van der Waals surface area contributed by atoms with E-state index in [0.717, 1.165) is 0 Å². The molecule has 1 aliphatic heterocycles. The number of amides is 2. The molecule has 7 nitrogen and oxygen atoms in total. The molecule has 1 unspecified atom stereocenters. The molecule has 0 aliphatic carbocycles. The Morgan fingerprint density at radius 3 is 2.40 bits per heavy atom. The van der Waals surface area contributed by atoms with Crippen molar-refractivity contribution in [2.75, 3.05) is 33.3 Å². The zero-order valence-corrected chi connectivity index (χ0v) is 20.5. The lowest BCUT2D eigenvalue weighted by atomic mass is 9.71. The minimum Gasteiger partial charge on any atom is -0.377 e. The van der Waals surface area contributed by atoms with Crippen LogP contribution in [0.4, 0.5) is 4.39 Å². The molecule has 4 atom stereocenters. The van der Waals surface area contributed by atoms with Gasteiger partial charge in [0.25, 0.3) is 0 Å². The van der Waals surface area contributed by atoms with Crippen LogP contribution in [-0.4, -0.2) is 50.9 Å². The van der Waals surface area contributed by atoms with E-state index >= 15 is 0 Å². The Morgan fingerprint density at radius 1 is 1.03 bits per heavy atom. The number of halogens is 1. The predicted molar refractivity (Wildman–Crippen MR) is 131 cm³/mol. The Balaban J connectivity index is 1.88. The van der Waals surface area contributed by atoms with Crippen molar-refractivity contribution < 1.29 is 23.5 Å². The monoisotopic (exact) mass is 483 g/mol. The van der Waals surface area contributed by atoms with Gasteiger partial charge in [-0.2, -0.15) is 0 Å². The lowest BCUT2D eigenvalue weighted by Gasteiger charge is -2.39. The Kier molecular flexibility index (Phi) is 9.51. The second kappa shape index (κ2) is 12.6. The quantitative estimate of drug-likeness (QED) is 0.357. The highest BCUT2D eigenvalue weighted by Gasteiger charge is 2.42. The van der Waals surface area contributed by atoms with Crippen molar-refractivity contribution in [1.29, 1.82) is 0 Å². The molecule has 0 spiro atoms. The molecule has 188 valence electrons. The molecule has 2 aromatic rings. The molecule has 3 rings (SSSR count). The highest BCUT2D eigenvalue weighted by molar-refractivity contribution is 5.98. The number of rotatable bonds is 10. The third kappa shape index (κ3) is 6.74. The van der Waals surface area contributed by atoms with Gasteiger partial charge in [-0.05, 0) is 36.5 Å². The largest absolute Gasteiger partial charge is 0.377 e. The van der Waals surface area contributed by atoms with Crippen molar-refractivity contribution in [2.45, 2.75) is 26.4 Å². The average Bonchev–Trinajstić information content (AvgIpc) is 2.86. The van der Waals surface area contributed by atoms with Crippen molar-refractivity contribution in [3.63, 3.8) is 0 Å². The summed E-state index contributed by atoms with van der Waals surface area (Å²) in [6, 6.07) is 13.9. The Labute approximate surface area is 205 Å². The number of ketones is 1. The number of carbonyl (C=O) groups is 3. The molecule has 2 amide bonds. The molecule has 1 heterocycles. The van der Waals surface area contributed by atoms with Gasteiger partial charge in [0.05, 0.1) is 12.0 Å². The number of piperidine rings is 1. The number of benzene rings is 2. The maximum Gasteiger partial charge on any atom is 0.224 e. The molecule has 1 saturated heterocycles. The number of ether oxygens (including phenoxy) is 1. The molecule has 1 fully saturated rings. The van der Waals surface area contributed by atoms with Crippen molar-refractivity contribution in [1.82, 2.24) is 16.0 Å². The van der Waals surface area contributed by atoms with E-state index in [-0.39, 0.29) is 35.9 Å². The Hall–Kier alpha value is -3.10. The predicted octanol–water partition coefficient (Wildman–Crippen LogP) is 2.80. The van der Waals surface area contributed by atoms with E-state index < -0.39 is 17.9 Å². The van der Waals surface area contributed by atoms with Crippen LogP contribution in [0.3, 0.4) is 0 Å². The van der Waals surface area contributed by atoms with Gasteiger partial charge in [0, 0.05) is 51.7 Å². The van der Waals surface area contributed by atoms with Crippen molar-refractivity contribution in [3.05, 3.63) is 71.0 Å². The number of nitrogens with one attached hydrogen (secondary N) is 3. The van der Waals surface area contributed by atoms with Gasteiger partial charge in [-0.3, -0.25) is 14.4 Å². The summed E-state index contributed by atoms with van der Waals surface area (Å²) in [7, 11) is 1.56. The van der Waals surface area contributed by atoms with Crippen molar-refractivity contribution >= 4 is 17.6 Å². The zero-order chi connectivity index (χ0) is 25.4. The van der Waals surface area contributed by atoms with Gasteiger partial charge in [0.15, 0.2) is 5.78 Å². The van der Waals surface area contributed by atoms with Crippen LogP contribution >= 0.6 is 0 Å². The number of Topliss-reactive ketones (excluding diaryl/α,β-unsaturated/α-hetero) is 1. The Morgan fingerprint density at radius 2 is 1.71 bits per heavy atom. The topological polar surface area (TPSA) is 96.5 Å². The van der Waals surface area contributed by atoms with E-state index in [1.807, 2.05) is 24.3 Å². The fraction of sp³-hybridized carbons (Fsp3) is 0.444. The number of carbonyl (C=O) groups excluding carboxylic acids is 3. The van der Waals surface area contributed by atoms with Gasteiger partial charge in [0.2, 0.25) is 11.8 Å². The van der Waals surface area contributed by atoms with Crippen LogP contribution in [0.25, 0.3) is 0 Å². The number of methoxy groups -OCH3 is 1. The summed E-state index contributed by atoms with van der Waals surface area (Å²) in [5.41, 5.74) is 1.80. The lowest BCUT2D eigenvalue weighted by Crippen LogP contribution is -2.53. The molecule has 0 aromatic heterocycles. The summed E-state index contributed by atoms with van der Waals surface area (Å²) < 4.78 is 20.1. The molecule has 0 saturated carbocycles. The van der Waals surface area contributed by atoms with Crippen LogP contribution in [0.2, 0.25) is 0 Å². The molecule has 2 aromatic carbocycles. The maximum absolute atomic E-state index is 14.3. The van der Waals surface area contributed by atoms with Crippen LogP contribution in [-0.2, 0) is 14.3 Å². The second-order valence-corrected chi connectivity index (χ2v) is 8.95. The van der Waals surface area contributed by atoms with Gasteiger partial charge in [-0.15, -0.1) is 0 Å². The molecule has 35 heavy (non-hydrogen) atoms. The molecule has 3 N–H and O–H groups in total. The first-order valence-electron chi connectivity index (χ1n) is 11.9. The van der Waals surface area contributed by atoms with Crippen LogP contribution in [0.5, 0.6) is 0 Å². The molecule has 0 radical (unpaired) electrons. The molecule has 8 heteroatoms. The van der Waals surface area contributed by atoms with Gasteiger partial charge >= 0.3 is 0 Å². The summed E-state index contributed by atoms with van der Waals surface area (Å²) in [4.78, 5) is 37.9. The van der Waals surface area contributed by atoms with Crippen molar-refractivity contribution in [2.24, 2.45) is 17.8 Å². The first-order valence-corrected chi connectivity index (χ1v) is 11.9. The van der Waals surface area contributed by atoms with Crippen LogP contribution in [0.15, 0.2) is 48.5 Å². The molecular weight excluding hydrogens is 449 g/mol. The Bertz CT molecular complexity index is 1030. The maximum atomic E-state index is 14.3. The highest BCUT2D eigenvalue weighted by Crippen LogP contribution is 2.38. The van der Waals surface area contributed by atoms with E-state index in [1.54, 1.807) is 32.2 Å². The van der Waals surface area contributed by atoms with E-state index in [1.165, 1.54) is 13.0 Å². The molecular formula is C27H34FN3O4. The third-order valence-electron chi connectivity index (χ3n) is 6.72. The van der Waals surface area contributed by atoms with E-state index in [9.17, 15) is 18.8 Å². The smallest absolute Gasteiger partial charge is 0.224 e. The average molecular weight is 484 g/mol. The van der Waals surface area contributed by atoms with Gasteiger partial charge in [-0.1, -0.05) is 42.5 Å². The van der Waals surface area contributed by atoms with E-state index in [4.69, 9.17) is 4.74 Å². The number of hydrogen-bond donors (Lipinski definition) is 3. The van der Waals surface area contributed by atoms with Gasteiger partial charge < -0.3 is 20.7 Å². The fourth-order valence-electron chi connectivity index (χ4n) is 4.82. The summed E-state index contributed by atoms with van der Waals surface area (Å²) in [5, 5.41) is 8.80. The minimum absolute atomic E-state index is 0.0373. The summed E-state index contributed by atoms with van der Waals surface area (Å²) in [5.74, 6) is -2.00. The van der Waals surface area contributed by atoms with E-state index in [2.05, 4.69) is 16.0 Å². The fourth-order valence-corrected chi connectivity index (χ4v) is 4.82. The standard InChI is InChI=1S/C27H34FN3O4/c1-17-20(10-7-11-24(17)28)25(35-3)14-21-22(26(33)19-8-5-4-6-9-19)15-29-16-23(21)27(34)31-13-12-30-18(2)32/h4-11,21-23,25,29H,12-16H2,1-3H3,(H,30,32)(H,31,34)/t21-,22+,23-,25?/m1/s1. The normalized spacial score (nSPS) is 20.6. The second-order valence-electron chi connectivity index (χ2n) is 8.95. The van der Waals surface area contributed by atoms with Crippen LogP contribution < -0.4 is 16.0 Å². The van der Waals surface area contributed by atoms with E-state index in [0.29, 0.717) is 42.7 Å².